The van der Waals surface area contributed by atoms with Gasteiger partial charge in [-0.1, -0.05) is 30.0 Å². The smallest absolute Gasteiger partial charge is 0.227 e. The topological polar surface area (TPSA) is 73.8 Å². The van der Waals surface area contributed by atoms with E-state index < -0.39 is 0 Å². The Labute approximate surface area is 130 Å². The fourth-order valence-electron chi connectivity index (χ4n) is 2.17. The van der Waals surface area contributed by atoms with E-state index in [0.717, 1.165) is 23.1 Å². The van der Waals surface area contributed by atoms with E-state index >= 15 is 0 Å². The average molecular weight is 318 g/mol. The van der Waals surface area contributed by atoms with E-state index in [0.29, 0.717) is 0 Å². The molecule has 0 aliphatic rings. The minimum atomic E-state index is -0.354. The van der Waals surface area contributed by atoms with Gasteiger partial charge in [-0.05, 0) is 13.0 Å². The van der Waals surface area contributed by atoms with E-state index in [-0.39, 0.29) is 11.7 Å². The van der Waals surface area contributed by atoms with E-state index in [4.69, 9.17) is 5.73 Å². The maximum Gasteiger partial charge on any atom is 0.227 e. The van der Waals surface area contributed by atoms with Gasteiger partial charge in [0.25, 0.3) is 0 Å². The fraction of sp³-hybridized carbons (Fsp3) is 0.214. The SMILES string of the molecule is CCn1c(SCC(N)=O)nnc1-c1csc2ccccc12. The van der Waals surface area contributed by atoms with Crippen LogP contribution in [0.2, 0.25) is 0 Å². The molecule has 3 aromatic rings. The zero-order valence-electron chi connectivity index (χ0n) is 11.4. The van der Waals surface area contributed by atoms with Crippen molar-refractivity contribution in [2.45, 2.75) is 18.6 Å². The van der Waals surface area contributed by atoms with E-state index in [2.05, 4.69) is 27.7 Å². The molecule has 1 amide bonds. The van der Waals surface area contributed by atoms with Gasteiger partial charge in [0.15, 0.2) is 11.0 Å². The largest absolute Gasteiger partial charge is 0.369 e. The number of carbonyl (C=O) groups is 1. The van der Waals surface area contributed by atoms with Crippen molar-refractivity contribution < 1.29 is 4.79 Å². The van der Waals surface area contributed by atoms with Gasteiger partial charge in [-0.25, -0.2) is 0 Å². The van der Waals surface area contributed by atoms with Crippen LogP contribution in [0, 0.1) is 0 Å². The average Bonchev–Trinajstić information content (AvgIpc) is 3.08. The lowest BCUT2D eigenvalue weighted by atomic mass is 10.1. The van der Waals surface area contributed by atoms with Crippen molar-refractivity contribution in [2.24, 2.45) is 5.73 Å². The summed E-state index contributed by atoms with van der Waals surface area (Å²) in [6.45, 7) is 2.78. The van der Waals surface area contributed by atoms with Crippen LogP contribution in [0.3, 0.4) is 0 Å². The summed E-state index contributed by atoms with van der Waals surface area (Å²) in [6.07, 6.45) is 0. The molecule has 0 bridgehead atoms. The molecule has 0 aliphatic heterocycles. The van der Waals surface area contributed by atoms with Gasteiger partial charge < -0.3 is 10.3 Å². The number of thiophene rings is 1. The zero-order valence-corrected chi connectivity index (χ0v) is 13.1. The van der Waals surface area contributed by atoms with Crippen molar-refractivity contribution in [3.63, 3.8) is 0 Å². The normalized spacial score (nSPS) is 11.1. The monoisotopic (exact) mass is 318 g/mol. The Balaban J connectivity index is 2.04. The Bertz CT molecular complexity index is 793. The molecule has 0 spiro atoms. The Hall–Kier alpha value is -1.86. The molecule has 0 saturated carbocycles. The highest BCUT2D eigenvalue weighted by molar-refractivity contribution is 7.99. The minimum absolute atomic E-state index is 0.211. The summed E-state index contributed by atoms with van der Waals surface area (Å²) >= 11 is 3.01. The predicted molar refractivity (Wildman–Crippen MR) is 86.4 cm³/mol. The van der Waals surface area contributed by atoms with Crippen LogP contribution in [0.4, 0.5) is 0 Å². The molecule has 108 valence electrons. The number of nitrogens with zero attached hydrogens (tertiary/aromatic N) is 3. The minimum Gasteiger partial charge on any atom is -0.369 e. The quantitative estimate of drug-likeness (QED) is 0.734. The van der Waals surface area contributed by atoms with Crippen molar-refractivity contribution in [1.29, 1.82) is 0 Å². The van der Waals surface area contributed by atoms with Crippen molar-refractivity contribution in [1.82, 2.24) is 14.8 Å². The van der Waals surface area contributed by atoms with Crippen molar-refractivity contribution in [2.75, 3.05) is 5.75 Å². The highest BCUT2D eigenvalue weighted by Crippen LogP contribution is 2.34. The molecule has 0 unspecified atom stereocenters. The Kier molecular flexibility index (Phi) is 3.94. The Morgan fingerprint density at radius 2 is 2.19 bits per heavy atom. The number of rotatable bonds is 5. The highest BCUT2D eigenvalue weighted by Gasteiger charge is 2.16. The maximum atomic E-state index is 10.9. The van der Waals surface area contributed by atoms with Gasteiger partial charge in [0.2, 0.25) is 5.91 Å². The Morgan fingerprint density at radius 1 is 1.38 bits per heavy atom. The van der Waals surface area contributed by atoms with Crippen LogP contribution in [-0.4, -0.2) is 26.4 Å². The first-order valence-corrected chi connectivity index (χ1v) is 8.38. The zero-order chi connectivity index (χ0) is 14.8. The molecule has 2 N–H and O–H groups in total. The molecule has 0 radical (unpaired) electrons. The molecule has 0 aliphatic carbocycles. The van der Waals surface area contributed by atoms with Crippen LogP contribution in [0.25, 0.3) is 21.5 Å². The number of fused-ring (bicyclic) bond motifs is 1. The van der Waals surface area contributed by atoms with E-state index in [1.54, 1.807) is 11.3 Å². The molecular formula is C14H14N4OS2. The fourth-order valence-corrected chi connectivity index (χ4v) is 3.85. The number of carbonyl (C=O) groups excluding carboxylic acids is 1. The molecule has 1 aromatic carbocycles. The number of aromatic nitrogens is 3. The number of nitrogens with two attached hydrogens (primary N) is 1. The van der Waals surface area contributed by atoms with Crippen LogP contribution in [0.1, 0.15) is 6.92 Å². The molecule has 0 saturated heterocycles. The number of benzene rings is 1. The molecule has 2 aromatic heterocycles. The number of thioether (sulfide) groups is 1. The van der Waals surface area contributed by atoms with Crippen LogP contribution in [0.5, 0.6) is 0 Å². The maximum absolute atomic E-state index is 10.9. The van der Waals surface area contributed by atoms with Crippen LogP contribution in [-0.2, 0) is 11.3 Å². The van der Waals surface area contributed by atoms with Gasteiger partial charge in [0, 0.05) is 27.6 Å². The second kappa shape index (κ2) is 5.87. The first-order chi connectivity index (χ1) is 10.2. The number of amides is 1. The molecule has 2 heterocycles. The molecule has 0 atom stereocenters. The van der Waals surface area contributed by atoms with E-state index in [1.165, 1.54) is 21.8 Å². The molecule has 0 fully saturated rings. The van der Waals surface area contributed by atoms with Crippen LogP contribution < -0.4 is 5.73 Å². The van der Waals surface area contributed by atoms with E-state index in [1.807, 2.05) is 23.6 Å². The predicted octanol–water partition coefficient (Wildman–Crippen LogP) is 2.76. The molecule has 21 heavy (non-hydrogen) atoms. The first kappa shape index (κ1) is 14.1. The summed E-state index contributed by atoms with van der Waals surface area (Å²) in [5.74, 6) is 0.692. The van der Waals surface area contributed by atoms with Gasteiger partial charge in [-0.2, -0.15) is 0 Å². The standard InChI is InChI=1S/C14H14N4OS2/c1-2-18-13(16-17-14(18)21-8-12(15)19)10-7-20-11-6-4-3-5-9(10)11/h3-7H,2,8H2,1H3,(H2,15,19). The summed E-state index contributed by atoms with van der Waals surface area (Å²) in [6, 6.07) is 8.24. The number of hydrogen-bond acceptors (Lipinski definition) is 5. The summed E-state index contributed by atoms with van der Waals surface area (Å²) in [4.78, 5) is 10.9. The van der Waals surface area contributed by atoms with Crippen LogP contribution in [0.15, 0.2) is 34.8 Å². The molecule has 5 nitrogen and oxygen atoms in total. The van der Waals surface area contributed by atoms with E-state index in [9.17, 15) is 4.79 Å². The van der Waals surface area contributed by atoms with Gasteiger partial charge >= 0.3 is 0 Å². The van der Waals surface area contributed by atoms with Crippen molar-refractivity contribution >= 4 is 39.1 Å². The third kappa shape index (κ3) is 2.66. The van der Waals surface area contributed by atoms with Gasteiger partial charge in [-0.15, -0.1) is 21.5 Å². The molecule has 3 rings (SSSR count). The summed E-state index contributed by atoms with van der Waals surface area (Å²) in [5, 5.41) is 12.5. The molecular weight excluding hydrogens is 304 g/mol. The highest BCUT2D eigenvalue weighted by atomic mass is 32.2. The lowest BCUT2D eigenvalue weighted by Gasteiger charge is -2.06. The third-order valence-electron chi connectivity index (χ3n) is 3.10. The second-order valence-electron chi connectivity index (χ2n) is 4.45. The lowest BCUT2D eigenvalue weighted by Crippen LogP contribution is -2.13. The van der Waals surface area contributed by atoms with Gasteiger partial charge in [0.05, 0.1) is 5.75 Å². The van der Waals surface area contributed by atoms with Crippen molar-refractivity contribution in [3.05, 3.63) is 29.6 Å². The van der Waals surface area contributed by atoms with Gasteiger partial charge in [0.1, 0.15) is 0 Å². The van der Waals surface area contributed by atoms with Gasteiger partial charge in [-0.3, -0.25) is 4.79 Å². The number of hydrogen-bond donors (Lipinski definition) is 1. The number of primary amides is 1. The van der Waals surface area contributed by atoms with Crippen molar-refractivity contribution in [3.8, 4) is 11.4 Å². The van der Waals surface area contributed by atoms with Crippen LogP contribution >= 0.6 is 23.1 Å². The third-order valence-corrected chi connectivity index (χ3v) is 5.05. The first-order valence-electron chi connectivity index (χ1n) is 6.51. The summed E-state index contributed by atoms with van der Waals surface area (Å²) < 4.78 is 3.24. The second-order valence-corrected chi connectivity index (χ2v) is 6.30. The lowest BCUT2D eigenvalue weighted by molar-refractivity contribution is -0.115. The summed E-state index contributed by atoms with van der Waals surface area (Å²) in [5.41, 5.74) is 6.27. The summed E-state index contributed by atoms with van der Waals surface area (Å²) in [7, 11) is 0. The molecule has 7 heteroatoms. The Morgan fingerprint density at radius 3 is 2.95 bits per heavy atom.